The second kappa shape index (κ2) is 13.2. The zero-order valence-corrected chi connectivity index (χ0v) is 20.3. The number of carbonyl (C=O) groups excluding carboxylic acids is 2. The molecule has 1 N–H and O–H groups in total. The Balaban J connectivity index is 2.23. The molecule has 5 nitrogen and oxygen atoms in total. The van der Waals surface area contributed by atoms with E-state index in [9.17, 15) is 9.59 Å². The summed E-state index contributed by atoms with van der Waals surface area (Å²) in [6.45, 7) is 9.12. The molecule has 2 rings (SSSR count). The predicted molar refractivity (Wildman–Crippen MR) is 129 cm³/mol. The Kier molecular flexibility index (Phi) is 10.7. The zero-order valence-electron chi connectivity index (χ0n) is 19.5. The van der Waals surface area contributed by atoms with Crippen LogP contribution in [0, 0.1) is 5.92 Å². The van der Waals surface area contributed by atoms with Crippen LogP contribution < -0.4 is 5.32 Å². The van der Waals surface area contributed by atoms with Gasteiger partial charge in [-0.2, -0.15) is 0 Å². The molecule has 0 bridgehead atoms. The van der Waals surface area contributed by atoms with Crippen molar-refractivity contribution in [3.8, 4) is 0 Å². The molecule has 0 heterocycles. The Morgan fingerprint density at radius 1 is 0.969 bits per heavy atom. The average molecular weight is 459 g/mol. The van der Waals surface area contributed by atoms with Crippen molar-refractivity contribution >= 4 is 23.4 Å². The highest BCUT2D eigenvalue weighted by Crippen LogP contribution is 2.18. The van der Waals surface area contributed by atoms with Crippen LogP contribution in [0.2, 0.25) is 5.02 Å². The standard InChI is InChI=1S/C26H35ClN2O3/c1-19(2)26(31)29(18-22-11-13-23(27)14-12-22)24(17-21-9-6-5-7-10-21)25(30)28-15-8-16-32-20(3)4/h5-7,9-14,19-20,24H,8,15-18H2,1-4H3,(H,28,30)/t24-/m0/s1. The van der Waals surface area contributed by atoms with Crippen molar-refractivity contribution in [2.24, 2.45) is 5.92 Å². The maximum absolute atomic E-state index is 13.3. The Hall–Kier alpha value is -2.37. The van der Waals surface area contributed by atoms with Gasteiger partial charge in [-0.3, -0.25) is 9.59 Å². The van der Waals surface area contributed by atoms with Crippen molar-refractivity contribution in [1.82, 2.24) is 10.2 Å². The van der Waals surface area contributed by atoms with Gasteiger partial charge >= 0.3 is 0 Å². The second-order valence-corrected chi connectivity index (χ2v) is 8.95. The van der Waals surface area contributed by atoms with Crippen LogP contribution in [0.5, 0.6) is 0 Å². The van der Waals surface area contributed by atoms with Crippen molar-refractivity contribution in [3.63, 3.8) is 0 Å². The summed E-state index contributed by atoms with van der Waals surface area (Å²) in [7, 11) is 0. The summed E-state index contributed by atoms with van der Waals surface area (Å²) in [6.07, 6.45) is 1.33. The van der Waals surface area contributed by atoms with Gasteiger partial charge in [-0.05, 0) is 43.5 Å². The molecule has 2 aromatic carbocycles. The lowest BCUT2D eigenvalue weighted by Gasteiger charge is -2.33. The molecule has 0 unspecified atom stereocenters. The van der Waals surface area contributed by atoms with E-state index in [0.717, 1.165) is 17.5 Å². The van der Waals surface area contributed by atoms with Crippen molar-refractivity contribution < 1.29 is 14.3 Å². The molecule has 174 valence electrons. The van der Waals surface area contributed by atoms with Crippen molar-refractivity contribution in [1.29, 1.82) is 0 Å². The molecule has 0 saturated heterocycles. The van der Waals surface area contributed by atoms with Crippen LogP contribution in [0.4, 0.5) is 0 Å². The lowest BCUT2D eigenvalue weighted by atomic mass is 10.0. The van der Waals surface area contributed by atoms with Gasteiger partial charge in [0.05, 0.1) is 6.10 Å². The van der Waals surface area contributed by atoms with Crippen LogP contribution in [0.25, 0.3) is 0 Å². The molecule has 0 radical (unpaired) electrons. The highest BCUT2D eigenvalue weighted by molar-refractivity contribution is 6.30. The van der Waals surface area contributed by atoms with Crippen LogP contribution in [-0.4, -0.2) is 42.0 Å². The van der Waals surface area contributed by atoms with Crippen LogP contribution in [0.15, 0.2) is 54.6 Å². The quantitative estimate of drug-likeness (QED) is 0.462. The first-order chi connectivity index (χ1) is 15.3. The monoisotopic (exact) mass is 458 g/mol. The summed E-state index contributed by atoms with van der Waals surface area (Å²) >= 11 is 6.03. The molecule has 0 aliphatic rings. The summed E-state index contributed by atoms with van der Waals surface area (Å²) in [5, 5.41) is 3.65. The number of benzene rings is 2. The summed E-state index contributed by atoms with van der Waals surface area (Å²) < 4.78 is 5.56. The van der Waals surface area contributed by atoms with Gasteiger partial charge in [0.15, 0.2) is 0 Å². The lowest BCUT2D eigenvalue weighted by molar-refractivity contribution is -0.143. The fraction of sp³-hybridized carbons (Fsp3) is 0.462. The molecule has 0 aliphatic heterocycles. The Morgan fingerprint density at radius 2 is 1.62 bits per heavy atom. The minimum Gasteiger partial charge on any atom is -0.379 e. The average Bonchev–Trinajstić information content (AvgIpc) is 2.77. The van der Waals surface area contributed by atoms with E-state index in [0.29, 0.717) is 31.1 Å². The number of halogens is 1. The van der Waals surface area contributed by atoms with Gasteiger partial charge in [0.25, 0.3) is 0 Å². The number of rotatable bonds is 12. The number of hydrogen-bond donors (Lipinski definition) is 1. The van der Waals surface area contributed by atoms with E-state index in [2.05, 4.69) is 5.32 Å². The lowest BCUT2D eigenvalue weighted by Crippen LogP contribution is -2.51. The third-order valence-electron chi connectivity index (χ3n) is 5.07. The fourth-order valence-electron chi connectivity index (χ4n) is 3.36. The number of nitrogens with zero attached hydrogens (tertiary/aromatic N) is 1. The number of amides is 2. The number of carbonyl (C=O) groups is 2. The van der Waals surface area contributed by atoms with E-state index in [1.165, 1.54) is 0 Å². The molecule has 32 heavy (non-hydrogen) atoms. The molecular weight excluding hydrogens is 424 g/mol. The molecule has 0 aromatic heterocycles. The molecule has 0 spiro atoms. The first kappa shape index (κ1) is 25.9. The van der Waals surface area contributed by atoms with E-state index in [1.807, 2.05) is 70.2 Å². The SMILES string of the molecule is CC(C)OCCCNC(=O)[C@H](Cc1ccccc1)N(Cc1ccc(Cl)cc1)C(=O)C(C)C. The number of ether oxygens (including phenoxy) is 1. The number of nitrogens with one attached hydrogen (secondary N) is 1. The van der Waals surface area contributed by atoms with E-state index >= 15 is 0 Å². The summed E-state index contributed by atoms with van der Waals surface area (Å²) in [4.78, 5) is 28.2. The Labute approximate surface area is 197 Å². The summed E-state index contributed by atoms with van der Waals surface area (Å²) in [6, 6.07) is 16.6. The second-order valence-electron chi connectivity index (χ2n) is 8.52. The van der Waals surface area contributed by atoms with E-state index < -0.39 is 6.04 Å². The van der Waals surface area contributed by atoms with E-state index in [4.69, 9.17) is 16.3 Å². The van der Waals surface area contributed by atoms with Gasteiger partial charge in [-0.1, -0.05) is 67.9 Å². The number of hydrogen-bond acceptors (Lipinski definition) is 3. The Morgan fingerprint density at radius 3 is 2.22 bits per heavy atom. The smallest absolute Gasteiger partial charge is 0.243 e. The maximum Gasteiger partial charge on any atom is 0.243 e. The van der Waals surface area contributed by atoms with Crippen LogP contribution in [0.1, 0.15) is 45.2 Å². The molecule has 2 amide bonds. The van der Waals surface area contributed by atoms with Gasteiger partial charge in [0.1, 0.15) is 6.04 Å². The third kappa shape index (κ3) is 8.64. The van der Waals surface area contributed by atoms with Crippen LogP contribution in [0.3, 0.4) is 0 Å². The van der Waals surface area contributed by atoms with Crippen molar-refractivity contribution in [2.75, 3.05) is 13.2 Å². The fourth-order valence-corrected chi connectivity index (χ4v) is 3.49. The molecule has 0 aliphatic carbocycles. The van der Waals surface area contributed by atoms with E-state index in [-0.39, 0.29) is 23.8 Å². The zero-order chi connectivity index (χ0) is 23.5. The van der Waals surface area contributed by atoms with Crippen molar-refractivity contribution in [3.05, 3.63) is 70.7 Å². The normalized spacial score (nSPS) is 12.1. The highest BCUT2D eigenvalue weighted by Gasteiger charge is 2.31. The molecule has 6 heteroatoms. The highest BCUT2D eigenvalue weighted by atomic mass is 35.5. The molecule has 2 aromatic rings. The van der Waals surface area contributed by atoms with E-state index in [1.54, 1.807) is 17.0 Å². The minimum absolute atomic E-state index is 0.0563. The van der Waals surface area contributed by atoms with Crippen LogP contribution >= 0.6 is 11.6 Å². The Bertz CT molecular complexity index is 838. The largest absolute Gasteiger partial charge is 0.379 e. The third-order valence-corrected chi connectivity index (χ3v) is 5.32. The molecule has 1 atom stereocenters. The summed E-state index contributed by atoms with van der Waals surface area (Å²) in [5.41, 5.74) is 1.94. The first-order valence-electron chi connectivity index (χ1n) is 11.3. The van der Waals surface area contributed by atoms with Gasteiger partial charge in [0, 0.05) is 37.1 Å². The van der Waals surface area contributed by atoms with Crippen LogP contribution in [-0.2, 0) is 27.3 Å². The summed E-state index contributed by atoms with van der Waals surface area (Å²) in [5.74, 6) is -0.437. The molecule has 0 fully saturated rings. The van der Waals surface area contributed by atoms with Gasteiger partial charge in [-0.15, -0.1) is 0 Å². The van der Waals surface area contributed by atoms with Gasteiger partial charge < -0.3 is 15.0 Å². The topological polar surface area (TPSA) is 58.6 Å². The van der Waals surface area contributed by atoms with Crippen molar-refractivity contribution in [2.45, 2.75) is 59.2 Å². The molecular formula is C26H35ClN2O3. The molecule has 0 saturated carbocycles. The predicted octanol–water partition coefficient (Wildman–Crippen LogP) is 4.87. The first-order valence-corrected chi connectivity index (χ1v) is 11.6. The minimum atomic E-state index is -0.617. The van der Waals surface area contributed by atoms with Gasteiger partial charge in [0.2, 0.25) is 11.8 Å². The van der Waals surface area contributed by atoms with Gasteiger partial charge in [-0.25, -0.2) is 0 Å². The maximum atomic E-state index is 13.3.